The zero-order valence-corrected chi connectivity index (χ0v) is 8.95. The molecule has 0 bridgehead atoms. The molecule has 1 heterocycles. The van der Waals surface area contributed by atoms with Crippen LogP contribution in [-0.4, -0.2) is 48.8 Å². The molecule has 1 rings (SSSR count). The smallest absolute Gasteiger partial charge is 0.241 e. The third-order valence-electron chi connectivity index (χ3n) is 2.50. The molecule has 0 saturated carbocycles. The van der Waals surface area contributed by atoms with E-state index in [1.54, 1.807) is 19.0 Å². The van der Waals surface area contributed by atoms with Crippen LogP contribution in [0.3, 0.4) is 0 Å². The first kappa shape index (κ1) is 11.0. The van der Waals surface area contributed by atoms with Gasteiger partial charge in [0.25, 0.3) is 0 Å². The average molecular weight is 198 g/mol. The number of hydrogen-bond donors (Lipinski definition) is 0. The molecular formula is C10H18N2O2. The van der Waals surface area contributed by atoms with Crippen LogP contribution in [0.25, 0.3) is 0 Å². The number of likely N-dealkylation sites (tertiary alicyclic amines) is 1. The van der Waals surface area contributed by atoms with Crippen LogP contribution in [0.15, 0.2) is 0 Å². The Labute approximate surface area is 84.9 Å². The molecule has 4 nitrogen and oxygen atoms in total. The van der Waals surface area contributed by atoms with Crippen molar-refractivity contribution in [3.63, 3.8) is 0 Å². The number of likely N-dealkylation sites (N-methyl/N-ethyl adjacent to an activating group) is 1. The maximum Gasteiger partial charge on any atom is 0.241 e. The minimum absolute atomic E-state index is 0.000231. The second-order valence-electron chi connectivity index (χ2n) is 3.91. The normalized spacial score (nSPS) is 17.9. The van der Waals surface area contributed by atoms with Gasteiger partial charge in [-0.2, -0.15) is 0 Å². The van der Waals surface area contributed by atoms with Gasteiger partial charge in [0.15, 0.2) is 0 Å². The van der Waals surface area contributed by atoms with E-state index in [4.69, 9.17) is 0 Å². The van der Waals surface area contributed by atoms with Crippen molar-refractivity contribution >= 4 is 11.8 Å². The van der Waals surface area contributed by atoms with Crippen LogP contribution in [0, 0.1) is 0 Å². The molecule has 1 aliphatic rings. The second kappa shape index (κ2) is 4.98. The summed E-state index contributed by atoms with van der Waals surface area (Å²) in [5.74, 6) is 0.123. The highest BCUT2D eigenvalue weighted by atomic mass is 16.2. The van der Waals surface area contributed by atoms with Gasteiger partial charge < -0.3 is 9.80 Å². The van der Waals surface area contributed by atoms with E-state index in [2.05, 4.69) is 0 Å². The first-order valence-corrected chi connectivity index (χ1v) is 5.09. The number of amides is 2. The fraction of sp³-hybridized carbons (Fsp3) is 0.800. The standard InChI is InChI=1S/C10H18N2O2/c1-11(2)10(14)8-12-7-5-3-4-6-9(12)13/h3-8H2,1-2H3. The topological polar surface area (TPSA) is 40.6 Å². The number of rotatable bonds is 2. The highest BCUT2D eigenvalue weighted by Gasteiger charge is 2.19. The maximum atomic E-state index is 11.5. The van der Waals surface area contributed by atoms with Gasteiger partial charge in [-0.25, -0.2) is 0 Å². The fourth-order valence-corrected chi connectivity index (χ4v) is 1.51. The lowest BCUT2D eigenvalue weighted by Gasteiger charge is -2.21. The minimum Gasteiger partial charge on any atom is -0.347 e. The molecule has 0 aromatic carbocycles. The van der Waals surface area contributed by atoms with Gasteiger partial charge in [-0.15, -0.1) is 0 Å². The Hall–Kier alpha value is -1.06. The van der Waals surface area contributed by atoms with E-state index in [1.165, 1.54) is 4.90 Å². The van der Waals surface area contributed by atoms with Crippen LogP contribution in [0.4, 0.5) is 0 Å². The lowest BCUT2D eigenvalue weighted by Crippen LogP contribution is -2.39. The van der Waals surface area contributed by atoms with E-state index in [-0.39, 0.29) is 18.4 Å². The molecule has 0 aliphatic carbocycles. The molecule has 0 unspecified atom stereocenters. The summed E-state index contributed by atoms with van der Waals surface area (Å²) < 4.78 is 0. The third kappa shape index (κ3) is 3.01. The fourth-order valence-electron chi connectivity index (χ4n) is 1.51. The molecule has 14 heavy (non-hydrogen) atoms. The van der Waals surface area contributed by atoms with E-state index in [0.29, 0.717) is 6.42 Å². The molecule has 1 aliphatic heterocycles. The molecule has 0 aromatic rings. The summed E-state index contributed by atoms with van der Waals surface area (Å²) in [7, 11) is 3.43. The van der Waals surface area contributed by atoms with Crippen LogP contribution in [0.1, 0.15) is 25.7 Å². The molecule has 4 heteroatoms. The Balaban J connectivity index is 2.48. The number of carbonyl (C=O) groups excluding carboxylic acids is 2. The highest BCUT2D eigenvalue weighted by Crippen LogP contribution is 2.10. The summed E-state index contributed by atoms with van der Waals surface area (Å²) in [5.41, 5.74) is 0. The van der Waals surface area contributed by atoms with Gasteiger partial charge in [0.2, 0.25) is 11.8 Å². The third-order valence-corrected chi connectivity index (χ3v) is 2.50. The van der Waals surface area contributed by atoms with Crippen molar-refractivity contribution in [1.29, 1.82) is 0 Å². The molecule has 0 radical (unpaired) electrons. The van der Waals surface area contributed by atoms with Gasteiger partial charge >= 0.3 is 0 Å². The number of hydrogen-bond acceptors (Lipinski definition) is 2. The quantitative estimate of drug-likeness (QED) is 0.647. The van der Waals surface area contributed by atoms with Gasteiger partial charge in [0, 0.05) is 27.1 Å². The first-order valence-electron chi connectivity index (χ1n) is 5.09. The van der Waals surface area contributed by atoms with E-state index >= 15 is 0 Å². The van der Waals surface area contributed by atoms with Gasteiger partial charge in [-0.3, -0.25) is 9.59 Å². The molecule has 0 spiro atoms. The van der Waals surface area contributed by atoms with E-state index in [1.807, 2.05) is 0 Å². The van der Waals surface area contributed by atoms with Gasteiger partial charge in [0.05, 0.1) is 6.54 Å². The molecular weight excluding hydrogens is 180 g/mol. The van der Waals surface area contributed by atoms with E-state index in [9.17, 15) is 9.59 Å². The van der Waals surface area contributed by atoms with Crippen molar-refractivity contribution < 1.29 is 9.59 Å². The Morgan fingerprint density at radius 1 is 1.36 bits per heavy atom. The molecule has 2 amide bonds. The van der Waals surface area contributed by atoms with Crippen LogP contribution in [0.5, 0.6) is 0 Å². The van der Waals surface area contributed by atoms with Crippen LogP contribution < -0.4 is 0 Å². The first-order chi connectivity index (χ1) is 6.61. The van der Waals surface area contributed by atoms with Crippen LogP contribution in [0.2, 0.25) is 0 Å². The summed E-state index contributed by atoms with van der Waals surface area (Å²) in [4.78, 5) is 26.1. The summed E-state index contributed by atoms with van der Waals surface area (Å²) in [5, 5.41) is 0. The largest absolute Gasteiger partial charge is 0.347 e. The maximum absolute atomic E-state index is 11.5. The van der Waals surface area contributed by atoms with Crippen molar-refractivity contribution in [1.82, 2.24) is 9.80 Å². The summed E-state index contributed by atoms with van der Waals surface area (Å²) >= 11 is 0. The summed E-state index contributed by atoms with van der Waals surface area (Å²) in [6, 6.07) is 0. The van der Waals surface area contributed by atoms with Crippen molar-refractivity contribution in [2.75, 3.05) is 27.2 Å². The minimum atomic E-state index is 0.000231. The zero-order chi connectivity index (χ0) is 10.6. The van der Waals surface area contributed by atoms with Crippen LogP contribution >= 0.6 is 0 Å². The van der Waals surface area contributed by atoms with Gasteiger partial charge in [0.1, 0.15) is 0 Å². The Bertz CT molecular complexity index is 226. The van der Waals surface area contributed by atoms with Crippen molar-refractivity contribution in [3.05, 3.63) is 0 Å². The highest BCUT2D eigenvalue weighted by molar-refractivity contribution is 5.84. The Kier molecular flexibility index (Phi) is 3.92. The monoisotopic (exact) mass is 198 g/mol. The molecule has 0 atom stereocenters. The molecule has 1 fully saturated rings. The van der Waals surface area contributed by atoms with E-state index in [0.717, 1.165) is 25.8 Å². The number of nitrogens with zero attached hydrogens (tertiary/aromatic N) is 2. The predicted octanol–water partition coefficient (Wildman–Crippen LogP) is 0.477. The predicted molar refractivity (Wildman–Crippen MR) is 53.7 cm³/mol. The van der Waals surface area contributed by atoms with Gasteiger partial charge in [-0.1, -0.05) is 6.42 Å². The van der Waals surface area contributed by atoms with E-state index < -0.39 is 0 Å². The molecule has 80 valence electrons. The number of carbonyl (C=O) groups is 2. The van der Waals surface area contributed by atoms with Crippen molar-refractivity contribution in [2.24, 2.45) is 0 Å². The lowest BCUT2D eigenvalue weighted by molar-refractivity contribution is -0.138. The summed E-state index contributed by atoms with van der Waals surface area (Å²) in [6.07, 6.45) is 3.68. The van der Waals surface area contributed by atoms with Crippen molar-refractivity contribution in [3.8, 4) is 0 Å². The van der Waals surface area contributed by atoms with Crippen molar-refractivity contribution in [2.45, 2.75) is 25.7 Å². The lowest BCUT2D eigenvalue weighted by atomic mass is 10.2. The average Bonchev–Trinajstić information content (AvgIpc) is 2.32. The molecule has 0 N–H and O–H groups in total. The zero-order valence-electron chi connectivity index (χ0n) is 8.95. The van der Waals surface area contributed by atoms with Gasteiger partial charge in [-0.05, 0) is 12.8 Å². The molecule has 1 saturated heterocycles. The second-order valence-corrected chi connectivity index (χ2v) is 3.91. The summed E-state index contributed by atoms with van der Waals surface area (Å²) in [6.45, 7) is 0.976. The SMILES string of the molecule is CN(C)C(=O)CN1CCCCCC1=O. The Morgan fingerprint density at radius 3 is 2.71 bits per heavy atom. The van der Waals surface area contributed by atoms with Crippen LogP contribution in [-0.2, 0) is 9.59 Å². The molecule has 0 aromatic heterocycles. The Morgan fingerprint density at radius 2 is 2.07 bits per heavy atom.